The van der Waals surface area contributed by atoms with Gasteiger partial charge in [0.25, 0.3) is 0 Å². The predicted molar refractivity (Wildman–Crippen MR) is 60.7 cm³/mol. The lowest BCUT2D eigenvalue weighted by atomic mass is 10.0. The zero-order valence-corrected chi connectivity index (χ0v) is 9.51. The third-order valence-electron chi connectivity index (χ3n) is 2.48. The molecule has 0 atom stereocenters. The maximum atomic E-state index is 5.24. The van der Waals surface area contributed by atoms with Crippen LogP contribution in [0.2, 0.25) is 0 Å². The highest BCUT2D eigenvalue weighted by Gasteiger charge is 2.19. The monoisotopic (exact) mass is 203 g/mol. The Labute approximate surface area is 84.9 Å². The van der Waals surface area contributed by atoms with E-state index in [-0.39, 0.29) is 0 Å². The molecule has 3 heteroatoms. The van der Waals surface area contributed by atoms with Crippen molar-refractivity contribution in [3.63, 3.8) is 0 Å². The molecule has 0 radical (unpaired) electrons. The quantitative estimate of drug-likeness (QED) is 0.647. The summed E-state index contributed by atoms with van der Waals surface area (Å²) < 4.78 is 1.11. The van der Waals surface area contributed by atoms with Crippen molar-refractivity contribution >= 4 is 28.3 Å². The number of hydrogen-bond donors (Lipinski definition) is 0. The van der Waals surface area contributed by atoms with Gasteiger partial charge in [-0.2, -0.15) is 0 Å². The van der Waals surface area contributed by atoms with Crippen LogP contribution in [-0.2, 0) is 0 Å². The SMILES string of the molecule is CCC(CC)CN1CCSC1=S. The molecule has 0 aromatic carbocycles. The van der Waals surface area contributed by atoms with Gasteiger partial charge in [-0.15, -0.1) is 0 Å². The Bertz CT molecular complexity index is 155. The number of thioether (sulfide) groups is 1. The summed E-state index contributed by atoms with van der Waals surface area (Å²) in [5.74, 6) is 2.03. The zero-order valence-electron chi connectivity index (χ0n) is 7.88. The maximum absolute atomic E-state index is 5.24. The van der Waals surface area contributed by atoms with Gasteiger partial charge in [0, 0.05) is 18.8 Å². The lowest BCUT2D eigenvalue weighted by Crippen LogP contribution is -2.28. The van der Waals surface area contributed by atoms with Crippen LogP contribution in [0.3, 0.4) is 0 Å². The fourth-order valence-corrected chi connectivity index (χ4v) is 2.70. The minimum absolute atomic E-state index is 0.835. The van der Waals surface area contributed by atoms with Crippen molar-refractivity contribution in [2.75, 3.05) is 18.8 Å². The summed E-state index contributed by atoms with van der Waals surface area (Å²) in [6.07, 6.45) is 2.56. The Morgan fingerprint density at radius 1 is 1.50 bits per heavy atom. The van der Waals surface area contributed by atoms with E-state index >= 15 is 0 Å². The molecule has 1 nitrogen and oxygen atoms in total. The van der Waals surface area contributed by atoms with Gasteiger partial charge in [-0.05, 0) is 5.92 Å². The summed E-state index contributed by atoms with van der Waals surface area (Å²) in [7, 11) is 0. The van der Waals surface area contributed by atoms with E-state index in [1.165, 1.54) is 31.7 Å². The molecule has 1 heterocycles. The van der Waals surface area contributed by atoms with Crippen LogP contribution in [0.25, 0.3) is 0 Å². The smallest absolute Gasteiger partial charge is 0.136 e. The average Bonchev–Trinajstić information content (AvgIpc) is 2.47. The molecular weight excluding hydrogens is 186 g/mol. The van der Waals surface area contributed by atoms with Gasteiger partial charge in [0.15, 0.2) is 0 Å². The van der Waals surface area contributed by atoms with Gasteiger partial charge in [0.05, 0.1) is 0 Å². The fourth-order valence-electron chi connectivity index (χ4n) is 1.45. The van der Waals surface area contributed by atoms with Crippen LogP contribution in [0.15, 0.2) is 0 Å². The highest BCUT2D eigenvalue weighted by atomic mass is 32.2. The van der Waals surface area contributed by atoms with E-state index < -0.39 is 0 Å². The van der Waals surface area contributed by atoms with Crippen LogP contribution in [0, 0.1) is 5.92 Å². The van der Waals surface area contributed by atoms with E-state index in [1.807, 2.05) is 11.8 Å². The first kappa shape index (κ1) is 10.3. The number of hydrogen-bond acceptors (Lipinski definition) is 2. The molecule has 0 saturated carbocycles. The van der Waals surface area contributed by atoms with Gasteiger partial charge in [0.2, 0.25) is 0 Å². The molecule has 1 saturated heterocycles. The van der Waals surface area contributed by atoms with Gasteiger partial charge in [-0.1, -0.05) is 50.7 Å². The molecule has 12 heavy (non-hydrogen) atoms. The van der Waals surface area contributed by atoms with Gasteiger partial charge in [-0.25, -0.2) is 0 Å². The molecule has 1 aliphatic rings. The van der Waals surface area contributed by atoms with Crippen LogP contribution in [0.5, 0.6) is 0 Å². The van der Waals surface area contributed by atoms with Crippen LogP contribution in [0.1, 0.15) is 26.7 Å². The predicted octanol–water partition coefficient (Wildman–Crippen LogP) is 2.76. The van der Waals surface area contributed by atoms with Gasteiger partial charge >= 0.3 is 0 Å². The van der Waals surface area contributed by atoms with E-state index in [2.05, 4.69) is 18.7 Å². The molecular formula is C9H17NS2. The van der Waals surface area contributed by atoms with Crippen molar-refractivity contribution in [3.8, 4) is 0 Å². The van der Waals surface area contributed by atoms with Crippen LogP contribution < -0.4 is 0 Å². The molecule has 1 rings (SSSR count). The van der Waals surface area contributed by atoms with E-state index in [1.54, 1.807) is 0 Å². The molecule has 0 amide bonds. The summed E-state index contributed by atoms with van der Waals surface area (Å²) in [6, 6.07) is 0. The third-order valence-corrected chi connectivity index (χ3v) is 3.98. The summed E-state index contributed by atoms with van der Waals surface area (Å²) in [5, 5.41) is 0. The van der Waals surface area contributed by atoms with E-state index in [9.17, 15) is 0 Å². The molecule has 70 valence electrons. The fraction of sp³-hybridized carbons (Fsp3) is 0.889. The second-order valence-corrected chi connectivity index (χ2v) is 4.97. The van der Waals surface area contributed by atoms with Crippen LogP contribution in [-0.4, -0.2) is 28.1 Å². The summed E-state index contributed by atoms with van der Waals surface area (Å²) in [5.41, 5.74) is 0. The van der Waals surface area contributed by atoms with Gasteiger partial charge in [0.1, 0.15) is 4.32 Å². The van der Waals surface area contributed by atoms with Crippen molar-refractivity contribution in [1.82, 2.24) is 4.90 Å². The molecule has 0 aliphatic carbocycles. The average molecular weight is 203 g/mol. The lowest BCUT2D eigenvalue weighted by Gasteiger charge is -2.22. The van der Waals surface area contributed by atoms with Gasteiger partial charge in [-0.3, -0.25) is 0 Å². The normalized spacial score (nSPS) is 17.9. The van der Waals surface area contributed by atoms with Crippen LogP contribution >= 0.6 is 24.0 Å². The topological polar surface area (TPSA) is 3.24 Å². The Morgan fingerprint density at radius 2 is 2.17 bits per heavy atom. The van der Waals surface area contributed by atoms with E-state index in [0.717, 1.165) is 10.2 Å². The standard InChI is InChI=1S/C9H17NS2/c1-3-8(4-2)7-10-5-6-12-9(10)11/h8H,3-7H2,1-2H3. The van der Waals surface area contributed by atoms with Crippen molar-refractivity contribution in [1.29, 1.82) is 0 Å². The zero-order chi connectivity index (χ0) is 8.97. The third kappa shape index (κ3) is 2.63. The highest BCUT2D eigenvalue weighted by molar-refractivity contribution is 8.23. The second kappa shape index (κ2) is 5.07. The summed E-state index contributed by atoms with van der Waals surface area (Å²) in [6.45, 7) is 6.87. The van der Waals surface area contributed by atoms with Crippen molar-refractivity contribution < 1.29 is 0 Å². The lowest BCUT2D eigenvalue weighted by molar-refractivity contribution is 0.349. The minimum Gasteiger partial charge on any atom is -0.356 e. The molecule has 0 spiro atoms. The number of thiocarbonyl (C=S) groups is 1. The maximum Gasteiger partial charge on any atom is 0.136 e. The van der Waals surface area contributed by atoms with Crippen LogP contribution in [0.4, 0.5) is 0 Å². The first-order chi connectivity index (χ1) is 5.77. The summed E-state index contributed by atoms with van der Waals surface area (Å²) in [4.78, 5) is 2.36. The number of rotatable bonds is 4. The molecule has 0 unspecified atom stereocenters. The van der Waals surface area contributed by atoms with Gasteiger partial charge < -0.3 is 4.90 Å². The van der Waals surface area contributed by atoms with E-state index in [4.69, 9.17) is 12.2 Å². The molecule has 1 fully saturated rings. The Hall–Kier alpha value is 0.240. The number of nitrogens with zero attached hydrogens (tertiary/aromatic N) is 1. The van der Waals surface area contributed by atoms with Crippen molar-refractivity contribution in [3.05, 3.63) is 0 Å². The Kier molecular flexibility index (Phi) is 4.36. The first-order valence-corrected chi connectivity index (χ1v) is 6.09. The molecule has 0 N–H and O–H groups in total. The van der Waals surface area contributed by atoms with Crippen molar-refractivity contribution in [2.45, 2.75) is 26.7 Å². The molecule has 1 aliphatic heterocycles. The highest BCUT2D eigenvalue weighted by Crippen LogP contribution is 2.20. The molecule has 0 aromatic rings. The first-order valence-electron chi connectivity index (χ1n) is 4.69. The largest absolute Gasteiger partial charge is 0.356 e. The minimum atomic E-state index is 0.835. The molecule has 0 bridgehead atoms. The molecule has 0 aromatic heterocycles. The van der Waals surface area contributed by atoms with E-state index in [0.29, 0.717) is 0 Å². The Morgan fingerprint density at radius 3 is 2.58 bits per heavy atom. The van der Waals surface area contributed by atoms with Crippen molar-refractivity contribution in [2.24, 2.45) is 5.92 Å². The second-order valence-electron chi connectivity index (χ2n) is 3.24. The Balaban J connectivity index is 2.33. The summed E-state index contributed by atoms with van der Waals surface area (Å²) >= 11 is 7.07.